The molecule has 3 rings (SSSR count). The first-order chi connectivity index (χ1) is 13.1. The summed E-state index contributed by atoms with van der Waals surface area (Å²) in [5, 5.41) is 9.85. The Morgan fingerprint density at radius 3 is 2.50 bits per heavy atom. The number of benzene rings is 1. The van der Waals surface area contributed by atoms with Crippen molar-refractivity contribution in [1.82, 2.24) is 9.80 Å². The normalized spacial score (nSPS) is 20.7. The topological polar surface area (TPSA) is 90.4 Å². The van der Waals surface area contributed by atoms with Crippen LogP contribution in [0, 0.1) is 0 Å². The van der Waals surface area contributed by atoms with Crippen molar-refractivity contribution in [2.45, 2.75) is 38.8 Å². The number of carbonyl (C=O) groups excluding carboxylic acids is 2. The Bertz CT molecular complexity index is 802. The van der Waals surface area contributed by atoms with Crippen LogP contribution in [-0.4, -0.2) is 71.7 Å². The third kappa shape index (κ3) is 3.96. The van der Waals surface area contributed by atoms with Gasteiger partial charge in [-0.25, -0.2) is 9.59 Å². The SMILES string of the molecule is CN1CCN(c2cccc3c2CCN(C(=O)OC(C)(C)C)C3C(=O)O)C(=O)C1. The molecule has 0 aromatic heterocycles. The molecule has 8 nitrogen and oxygen atoms in total. The average Bonchev–Trinajstić information content (AvgIpc) is 2.58. The first kappa shape index (κ1) is 20.1. The molecule has 2 amide bonds. The van der Waals surface area contributed by atoms with Crippen molar-refractivity contribution in [3.63, 3.8) is 0 Å². The van der Waals surface area contributed by atoms with Crippen LogP contribution in [0.25, 0.3) is 0 Å². The van der Waals surface area contributed by atoms with Gasteiger partial charge in [-0.1, -0.05) is 12.1 Å². The fraction of sp³-hybridized carbons (Fsp3) is 0.550. The summed E-state index contributed by atoms with van der Waals surface area (Å²) in [6.07, 6.45) is -0.180. The van der Waals surface area contributed by atoms with E-state index in [0.717, 1.165) is 17.8 Å². The van der Waals surface area contributed by atoms with Crippen LogP contribution in [0.15, 0.2) is 18.2 Å². The van der Waals surface area contributed by atoms with Crippen LogP contribution in [0.5, 0.6) is 0 Å². The summed E-state index contributed by atoms with van der Waals surface area (Å²) in [6.45, 7) is 7.09. The molecule has 2 heterocycles. The molecular formula is C20H27N3O5. The number of amides is 2. The Kier molecular flexibility index (Phi) is 5.34. The minimum Gasteiger partial charge on any atom is -0.479 e. The molecular weight excluding hydrogens is 362 g/mol. The van der Waals surface area contributed by atoms with E-state index in [0.29, 0.717) is 25.1 Å². The molecule has 1 aromatic rings. The Morgan fingerprint density at radius 2 is 1.89 bits per heavy atom. The molecule has 0 bridgehead atoms. The lowest BCUT2D eigenvalue weighted by Crippen LogP contribution is -2.50. The van der Waals surface area contributed by atoms with Gasteiger partial charge in [0.15, 0.2) is 6.04 Å². The first-order valence-corrected chi connectivity index (χ1v) is 9.41. The van der Waals surface area contributed by atoms with Crippen molar-refractivity contribution in [2.24, 2.45) is 0 Å². The molecule has 1 fully saturated rings. The van der Waals surface area contributed by atoms with E-state index < -0.39 is 23.7 Å². The fourth-order valence-corrected chi connectivity index (χ4v) is 3.73. The van der Waals surface area contributed by atoms with Gasteiger partial charge in [0, 0.05) is 25.3 Å². The number of ether oxygens (including phenoxy) is 1. The zero-order valence-electron chi connectivity index (χ0n) is 16.8. The predicted octanol–water partition coefficient (Wildman–Crippen LogP) is 1.88. The lowest BCUT2D eigenvalue weighted by atomic mass is 9.90. The van der Waals surface area contributed by atoms with Gasteiger partial charge >= 0.3 is 12.1 Å². The number of hydrogen-bond donors (Lipinski definition) is 1. The Balaban J connectivity index is 1.96. The lowest BCUT2D eigenvalue weighted by Gasteiger charge is -2.39. The number of carbonyl (C=O) groups is 3. The third-order valence-corrected chi connectivity index (χ3v) is 4.96. The van der Waals surface area contributed by atoms with Crippen molar-refractivity contribution in [1.29, 1.82) is 0 Å². The Morgan fingerprint density at radius 1 is 1.18 bits per heavy atom. The smallest absolute Gasteiger partial charge is 0.411 e. The van der Waals surface area contributed by atoms with Crippen LogP contribution in [0.2, 0.25) is 0 Å². The largest absolute Gasteiger partial charge is 0.479 e. The molecule has 1 aromatic carbocycles. The predicted molar refractivity (Wildman–Crippen MR) is 103 cm³/mol. The maximum absolute atomic E-state index is 12.6. The summed E-state index contributed by atoms with van der Waals surface area (Å²) in [5.41, 5.74) is 1.38. The van der Waals surface area contributed by atoms with Gasteiger partial charge in [-0.05, 0) is 51.4 Å². The number of anilines is 1. The average molecular weight is 389 g/mol. The monoisotopic (exact) mass is 389 g/mol. The highest BCUT2D eigenvalue weighted by Gasteiger charge is 2.40. The molecule has 28 heavy (non-hydrogen) atoms. The Hall–Kier alpha value is -2.61. The molecule has 0 radical (unpaired) electrons. The number of carboxylic acid groups (broad SMARTS) is 1. The molecule has 0 spiro atoms. The number of likely N-dealkylation sites (N-methyl/N-ethyl adjacent to an activating group) is 1. The quantitative estimate of drug-likeness (QED) is 0.831. The van der Waals surface area contributed by atoms with Crippen LogP contribution >= 0.6 is 0 Å². The van der Waals surface area contributed by atoms with E-state index in [9.17, 15) is 19.5 Å². The molecule has 2 aliphatic rings. The minimum atomic E-state index is -1.14. The van der Waals surface area contributed by atoms with Crippen molar-refractivity contribution in [3.05, 3.63) is 29.3 Å². The van der Waals surface area contributed by atoms with Gasteiger partial charge in [0.2, 0.25) is 5.91 Å². The maximum Gasteiger partial charge on any atom is 0.411 e. The number of rotatable bonds is 2. The first-order valence-electron chi connectivity index (χ1n) is 9.41. The zero-order chi connectivity index (χ0) is 20.6. The minimum absolute atomic E-state index is 0.0106. The summed E-state index contributed by atoms with van der Waals surface area (Å²) >= 11 is 0. The molecule has 152 valence electrons. The van der Waals surface area contributed by atoms with Crippen LogP contribution in [0.4, 0.5) is 10.5 Å². The summed E-state index contributed by atoms with van der Waals surface area (Å²) in [6, 6.07) is 4.17. The highest BCUT2D eigenvalue weighted by atomic mass is 16.6. The van der Waals surface area contributed by atoms with E-state index in [1.807, 2.05) is 18.0 Å². The van der Waals surface area contributed by atoms with Gasteiger partial charge in [-0.15, -0.1) is 0 Å². The maximum atomic E-state index is 12.6. The summed E-state index contributed by atoms with van der Waals surface area (Å²) in [5.74, 6) is -1.13. The van der Waals surface area contributed by atoms with Crippen molar-refractivity contribution < 1.29 is 24.2 Å². The van der Waals surface area contributed by atoms with E-state index in [-0.39, 0.29) is 12.5 Å². The summed E-state index contributed by atoms with van der Waals surface area (Å²) in [4.78, 5) is 42.1. The fourth-order valence-electron chi connectivity index (χ4n) is 3.73. The second kappa shape index (κ2) is 7.43. The number of piperazine rings is 1. The molecule has 1 N–H and O–H groups in total. The second-order valence-electron chi connectivity index (χ2n) is 8.29. The molecule has 2 aliphatic heterocycles. The Labute approximate surface area is 164 Å². The number of carboxylic acids is 1. The van der Waals surface area contributed by atoms with Gasteiger partial charge in [-0.2, -0.15) is 0 Å². The standard InChI is InChI=1S/C20H27N3O5/c1-20(2,3)28-19(27)23-9-8-13-14(17(23)18(25)26)6-5-7-15(13)22-11-10-21(4)12-16(22)24/h5-7,17H,8-12H2,1-4H3,(H,25,26). The lowest BCUT2D eigenvalue weighted by molar-refractivity contribution is -0.143. The molecule has 1 unspecified atom stereocenters. The zero-order valence-corrected chi connectivity index (χ0v) is 16.8. The van der Waals surface area contributed by atoms with Crippen molar-refractivity contribution >= 4 is 23.7 Å². The van der Waals surface area contributed by atoms with Gasteiger partial charge in [-0.3, -0.25) is 14.6 Å². The third-order valence-electron chi connectivity index (χ3n) is 4.96. The molecule has 1 saturated heterocycles. The number of fused-ring (bicyclic) bond motifs is 1. The van der Waals surface area contributed by atoms with E-state index in [4.69, 9.17) is 4.74 Å². The summed E-state index contributed by atoms with van der Waals surface area (Å²) in [7, 11) is 1.90. The van der Waals surface area contributed by atoms with Crippen LogP contribution in [0.1, 0.15) is 37.9 Å². The van der Waals surface area contributed by atoms with Crippen LogP contribution in [-0.2, 0) is 20.7 Å². The second-order valence-corrected chi connectivity index (χ2v) is 8.29. The van der Waals surface area contributed by atoms with Gasteiger partial charge in [0.25, 0.3) is 0 Å². The number of hydrogen-bond acceptors (Lipinski definition) is 5. The molecule has 1 atom stereocenters. The van der Waals surface area contributed by atoms with E-state index >= 15 is 0 Å². The van der Waals surface area contributed by atoms with Gasteiger partial charge in [0.05, 0.1) is 6.54 Å². The van der Waals surface area contributed by atoms with E-state index in [2.05, 4.69) is 0 Å². The van der Waals surface area contributed by atoms with Crippen molar-refractivity contribution in [2.75, 3.05) is 38.1 Å². The molecule has 0 aliphatic carbocycles. The van der Waals surface area contributed by atoms with Gasteiger partial charge < -0.3 is 14.7 Å². The van der Waals surface area contributed by atoms with Crippen LogP contribution < -0.4 is 4.90 Å². The van der Waals surface area contributed by atoms with E-state index in [1.54, 1.807) is 37.8 Å². The molecule has 8 heteroatoms. The van der Waals surface area contributed by atoms with E-state index in [1.165, 1.54) is 4.90 Å². The van der Waals surface area contributed by atoms with Gasteiger partial charge in [0.1, 0.15) is 5.60 Å². The van der Waals surface area contributed by atoms with Crippen molar-refractivity contribution in [3.8, 4) is 0 Å². The van der Waals surface area contributed by atoms with Crippen LogP contribution in [0.3, 0.4) is 0 Å². The summed E-state index contributed by atoms with van der Waals surface area (Å²) < 4.78 is 5.40. The highest BCUT2D eigenvalue weighted by molar-refractivity contribution is 5.97. The number of nitrogens with zero attached hydrogens (tertiary/aromatic N) is 3. The highest BCUT2D eigenvalue weighted by Crippen LogP contribution is 2.37. The number of aliphatic carboxylic acids is 1. The molecule has 0 saturated carbocycles.